The van der Waals surface area contributed by atoms with Crippen molar-refractivity contribution in [3.05, 3.63) is 76.9 Å². The van der Waals surface area contributed by atoms with Crippen molar-refractivity contribution in [3.63, 3.8) is 0 Å². The molecular formula is C26H24N2O5. The molecule has 1 heterocycles. The highest BCUT2D eigenvalue weighted by atomic mass is 16.5. The molecule has 0 saturated carbocycles. The van der Waals surface area contributed by atoms with Crippen LogP contribution >= 0.6 is 0 Å². The van der Waals surface area contributed by atoms with Gasteiger partial charge in [-0.05, 0) is 54.8 Å². The third-order valence-corrected chi connectivity index (χ3v) is 5.61. The van der Waals surface area contributed by atoms with Crippen molar-refractivity contribution < 1.29 is 23.7 Å². The quantitative estimate of drug-likeness (QED) is 0.582. The number of nitrogens with one attached hydrogen (secondary N) is 1. The molecule has 0 spiro atoms. The molecule has 1 amide bonds. The summed E-state index contributed by atoms with van der Waals surface area (Å²) in [7, 11) is 4.75. The molecule has 1 N–H and O–H groups in total. The lowest BCUT2D eigenvalue weighted by molar-refractivity contribution is 0.102. The number of ether oxygens (including phenoxy) is 4. The average molecular weight is 444 g/mol. The molecule has 0 aliphatic carbocycles. The highest BCUT2D eigenvalue weighted by molar-refractivity contribution is 6.04. The summed E-state index contributed by atoms with van der Waals surface area (Å²) in [4.78, 5) is 12.6. The molecule has 4 rings (SSSR count). The Morgan fingerprint density at radius 2 is 1.79 bits per heavy atom. The van der Waals surface area contributed by atoms with Crippen molar-refractivity contribution in [3.8, 4) is 29.1 Å². The van der Waals surface area contributed by atoms with Gasteiger partial charge in [0.05, 0.1) is 33.0 Å². The third kappa shape index (κ3) is 4.41. The molecule has 1 aliphatic rings. The topological polar surface area (TPSA) is 89.8 Å². The smallest absolute Gasteiger partial charge is 0.255 e. The van der Waals surface area contributed by atoms with Gasteiger partial charge >= 0.3 is 0 Å². The number of anilines is 1. The van der Waals surface area contributed by atoms with Crippen LogP contribution in [0.3, 0.4) is 0 Å². The summed E-state index contributed by atoms with van der Waals surface area (Å²) in [5.74, 6) is 2.15. The summed E-state index contributed by atoms with van der Waals surface area (Å²) < 4.78 is 22.8. The first kappa shape index (κ1) is 22.0. The molecule has 168 valence electrons. The molecule has 0 aromatic heterocycles. The van der Waals surface area contributed by atoms with Gasteiger partial charge in [0.2, 0.25) is 5.75 Å². The first-order chi connectivity index (χ1) is 16.1. The SMILES string of the molecule is COc1cc2c(c(OC)c1OC)CCC(c1cccc(NC(=O)c3ccc(C#N)cc3)c1)O2. The molecule has 1 aliphatic heterocycles. The summed E-state index contributed by atoms with van der Waals surface area (Å²) in [5.41, 5.74) is 3.55. The summed E-state index contributed by atoms with van der Waals surface area (Å²) in [6.45, 7) is 0. The van der Waals surface area contributed by atoms with E-state index in [0.29, 0.717) is 39.8 Å². The number of carbonyl (C=O) groups excluding carboxylic acids is 1. The maximum Gasteiger partial charge on any atom is 0.255 e. The monoisotopic (exact) mass is 444 g/mol. The van der Waals surface area contributed by atoms with E-state index in [1.807, 2.05) is 36.4 Å². The number of rotatable bonds is 6. The maximum absolute atomic E-state index is 12.6. The molecule has 0 radical (unpaired) electrons. The Labute approximate surface area is 192 Å². The van der Waals surface area contributed by atoms with E-state index in [9.17, 15) is 4.79 Å². The standard InChI is InChI=1S/C26H24N2O5/c1-30-23-14-22-20(24(31-2)25(23)32-3)11-12-21(33-22)18-5-4-6-19(13-18)28-26(29)17-9-7-16(15-27)8-10-17/h4-10,13-14,21H,11-12H2,1-3H3,(H,28,29). The van der Waals surface area contributed by atoms with Crippen LogP contribution in [0.15, 0.2) is 54.6 Å². The lowest BCUT2D eigenvalue weighted by atomic mass is 9.96. The van der Waals surface area contributed by atoms with Crippen LogP contribution in [0.2, 0.25) is 0 Å². The number of fused-ring (bicyclic) bond motifs is 1. The van der Waals surface area contributed by atoms with E-state index < -0.39 is 0 Å². The van der Waals surface area contributed by atoms with Crippen LogP contribution in [-0.2, 0) is 6.42 Å². The predicted octanol–water partition coefficient (Wildman–Crippen LogP) is 4.90. The van der Waals surface area contributed by atoms with E-state index in [0.717, 1.165) is 24.0 Å². The van der Waals surface area contributed by atoms with Gasteiger partial charge in [-0.1, -0.05) is 12.1 Å². The van der Waals surface area contributed by atoms with Crippen molar-refractivity contribution in [1.82, 2.24) is 0 Å². The Kier molecular flexibility index (Phi) is 6.36. The van der Waals surface area contributed by atoms with E-state index in [1.54, 1.807) is 45.6 Å². The Morgan fingerprint density at radius 3 is 2.45 bits per heavy atom. The number of nitriles is 1. The molecule has 1 atom stereocenters. The van der Waals surface area contributed by atoms with Crippen molar-refractivity contribution in [2.45, 2.75) is 18.9 Å². The third-order valence-electron chi connectivity index (χ3n) is 5.61. The molecule has 7 heteroatoms. The summed E-state index contributed by atoms with van der Waals surface area (Å²) in [6.07, 6.45) is 1.30. The molecule has 0 fully saturated rings. The molecule has 3 aromatic carbocycles. The van der Waals surface area contributed by atoms with Crippen molar-refractivity contribution >= 4 is 11.6 Å². The van der Waals surface area contributed by atoms with Crippen molar-refractivity contribution in [1.29, 1.82) is 5.26 Å². The van der Waals surface area contributed by atoms with Crippen LogP contribution in [-0.4, -0.2) is 27.2 Å². The van der Waals surface area contributed by atoms with Crippen LogP contribution in [0, 0.1) is 11.3 Å². The average Bonchev–Trinajstić information content (AvgIpc) is 2.87. The van der Waals surface area contributed by atoms with Gasteiger partial charge in [-0.2, -0.15) is 5.26 Å². The number of hydrogen-bond donors (Lipinski definition) is 1. The fraction of sp³-hybridized carbons (Fsp3) is 0.231. The zero-order valence-corrected chi connectivity index (χ0v) is 18.7. The second kappa shape index (κ2) is 9.53. The Bertz CT molecular complexity index is 1210. The van der Waals surface area contributed by atoms with E-state index in [4.69, 9.17) is 24.2 Å². The van der Waals surface area contributed by atoms with Crippen molar-refractivity contribution in [2.24, 2.45) is 0 Å². The Morgan fingerprint density at radius 1 is 1.03 bits per heavy atom. The van der Waals surface area contributed by atoms with Gasteiger partial charge in [-0.3, -0.25) is 4.79 Å². The van der Waals surface area contributed by atoms with Gasteiger partial charge in [-0.15, -0.1) is 0 Å². The zero-order valence-electron chi connectivity index (χ0n) is 18.7. The maximum atomic E-state index is 12.6. The highest BCUT2D eigenvalue weighted by Crippen LogP contribution is 2.49. The number of methoxy groups -OCH3 is 3. The Balaban J connectivity index is 1.55. The zero-order chi connectivity index (χ0) is 23.4. The summed E-state index contributed by atoms with van der Waals surface area (Å²) in [5, 5.41) is 11.8. The number of hydrogen-bond acceptors (Lipinski definition) is 6. The fourth-order valence-corrected chi connectivity index (χ4v) is 3.97. The largest absolute Gasteiger partial charge is 0.493 e. The van der Waals surface area contributed by atoms with Crippen LogP contribution in [0.5, 0.6) is 23.0 Å². The van der Waals surface area contributed by atoms with Gasteiger partial charge in [-0.25, -0.2) is 0 Å². The van der Waals surface area contributed by atoms with Gasteiger partial charge in [0.1, 0.15) is 11.9 Å². The minimum atomic E-state index is -0.242. The number of benzene rings is 3. The Hall–Kier alpha value is -4.18. The number of carbonyl (C=O) groups is 1. The van der Waals surface area contributed by atoms with Gasteiger partial charge in [0.15, 0.2) is 11.5 Å². The van der Waals surface area contributed by atoms with Crippen LogP contribution in [0.1, 0.15) is 39.6 Å². The first-order valence-electron chi connectivity index (χ1n) is 10.5. The lowest BCUT2D eigenvalue weighted by Crippen LogP contribution is -2.17. The van der Waals surface area contributed by atoms with E-state index >= 15 is 0 Å². The van der Waals surface area contributed by atoms with E-state index in [1.165, 1.54) is 0 Å². The van der Waals surface area contributed by atoms with E-state index in [-0.39, 0.29) is 12.0 Å². The second-order valence-electron chi connectivity index (χ2n) is 7.54. The fourth-order valence-electron chi connectivity index (χ4n) is 3.97. The molecule has 0 bridgehead atoms. The first-order valence-corrected chi connectivity index (χ1v) is 10.5. The van der Waals surface area contributed by atoms with Crippen LogP contribution in [0.4, 0.5) is 5.69 Å². The van der Waals surface area contributed by atoms with Crippen LogP contribution in [0.25, 0.3) is 0 Å². The minimum absolute atomic E-state index is 0.188. The van der Waals surface area contributed by atoms with Crippen LogP contribution < -0.4 is 24.3 Å². The number of nitrogens with zero attached hydrogens (tertiary/aromatic N) is 1. The van der Waals surface area contributed by atoms with E-state index in [2.05, 4.69) is 5.32 Å². The predicted molar refractivity (Wildman–Crippen MR) is 123 cm³/mol. The molecule has 7 nitrogen and oxygen atoms in total. The molecule has 1 unspecified atom stereocenters. The molecular weight excluding hydrogens is 420 g/mol. The van der Waals surface area contributed by atoms with Gasteiger partial charge in [0.25, 0.3) is 5.91 Å². The second-order valence-corrected chi connectivity index (χ2v) is 7.54. The van der Waals surface area contributed by atoms with Gasteiger partial charge in [0, 0.05) is 22.9 Å². The lowest BCUT2D eigenvalue weighted by Gasteiger charge is -2.29. The molecule has 33 heavy (non-hydrogen) atoms. The number of amides is 1. The summed E-state index contributed by atoms with van der Waals surface area (Å²) in [6, 6.07) is 18.0. The van der Waals surface area contributed by atoms with Gasteiger partial charge < -0.3 is 24.3 Å². The van der Waals surface area contributed by atoms with Crippen molar-refractivity contribution in [2.75, 3.05) is 26.6 Å². The normalized spacial score (nSPS) is 14.3. The highest BCUT2D eigenvalue weighted by Gasteiger charge is 2.28. The summed E-state index contributed by atoms with van der Waals surface area (Å²) >= 11 is 0. The molecule has 0 saturated heterocycles. The minimum Gasteiger partial charge on any atom is -0.493 e. The molecule has 3 aromatic rings.